The lowest BCUT2D eigenvalue weighted by atomic mass is 10.0. The van der Waals surface area contributed by atoms with Crippen LogP contribution in [0.1, 0.15) is 54.3 Å². The van der Waals surface area contributed by atoms with Crippen LogP contribution in [0, 0.1) is 0 Å². The summed E-state index contributed by atoms with van der Waals surface area (Å²) < 4.78 is 11.4. The average Bonchev–Trinajstić information content (AvgIpc) is 3.71. The summed E-state index contributed by atoms with van der Waals surface area (Å²) in [7, 11) is 0. The van der Waals surface area contributed by atoms with Gasteiger partial charge in [0.15, 0.2) is 0 Å². The first-order valence-corrected chi connectivity index (χ1v) is 12.7. The molecular formula is C26H25N5O3S. The fraction of sp³-hybridized carbons (Fsp3) is 0.308. The van der Waals surface area contributed by atoms with Crippen molar-refractivity contribution >= 4 is 23.0 Å². The van der Waals surface area contributed by atoms with E-state index in [-0.39, 0.29) is 24.5 Å². The van der Waals surface area contributed by atoms with Crippen LogP contribution < -0.4 is 0 Å². The summed E-state index contributed by atoms with van der Waals surface area (Å²) in [6.45, 7) is 1.02. The zero-order chi connectivity index (χ0) is 23.6. The van der Waals surface area contributed by atoms with Crippen LogP contribution in [0.15, 0.2) is 80.3 Å². The van der Waals surface area contributed by atoms with E-state index in [2.05, 4.69) is 15.0 Å². The molecule has 2 atom stereocenters. The van der Waals surface area contributed by atoms with Gasteiger partial charge in [-0.15, -0.1) is 11.3 Å². The van der Waals surface area contributed by atoms with E-state index >= 15 is 0 Å². The van der Waals surface area contributed by atoms with Gasteiger partial charge in [0.05, 0.1) is 29.4 Å². The topological polar surface area (TPSA) is 88.0 Å². The molecule has 35 heavy (non-hydrogen) atoms. The minimum Gasteiger partial charge on any atom is -0.467 e. The van der Waals surface area contributed by atoms with Crippen molar-refractivity contribution in [3.8, 4) is 11.4 Å². The number of carbonyl (C=O) groups is 1. The lowest BCUT2D eigenvalue weighted by Crippen LogP contribution is -2.42. The molecule has 4 aromatic rings. The van der Waals surface area contributed by atoms with Crippen LogP contribution in [-0.4, -0.2) is 44.8 Å². The molecule has 6 rings (SSSR count). The monoisotopic (exact) mass is 487 g/mol. The Morgan fingerprint density at radius 2 is 1.97 bits per heavy atom. The molecule has 0 bridgehead atoms. The molecule has 0 aliphatic carbocycles. The van der Waals surface area contributed by atoms with Gasteiger partial charge in [0, 0.05) is 12.0 Å². The molecule has 1 amide bonds. The predicted octanol–water partition coefficient (Wildman–Crippen LogP) is 5.30. The fourth-order valence-electron chi connectivity index (χ4n) is 4.82. The number of carbonyl (C=O) groups excluding carboxylic acids is 1. The Bertz CT molecular complexity index is 1300. The third kappa shape index (κ3) is 4.44. The SMILES string of the molecule is O=C(CN1CCCC[C@@H]1c1nc(-c2ccccc2)no1)N1N=C(c2cccs2)C[C@@H]1c1ccco1. The molecule has 1 saturated heterocycles. The van der Waals surface area contributed by atoms with Crippen molar-refractivity contribution in [1.29, 1.82) is 0 Å². The predicted molar refractivity (Wildman–Crippen MR) is 132 cm³/mol. The van der Waals surface area contributed by atoms with Crippen LogP contribution in [0.5, 0.6) is 0 Å². The maximum Gasteiger partial charge on any atom is 0.257 e. The average molecular weight is 488 g/mol. The van der Waals surface area contributed by atoms with E-state index in [0.29, 0.717) is 18.1 Å². The summed E-state index contributed by atoms with van der Waals surface area (Å²) in [5, 5.41) is 12.6. The van der Waals surface area contributed by atoms with Crippen LogP contribution in [0.25, 0.3) is 11.4 Å². The molecule has 2 aliphatic heterocycles. The van der Waals surface area contributed by atoms with E-state index in [4.69, 9.17) is 14.0 Å². The van der Waals surface area contributed by atoms with Gasteiger partial charge >= 0.3 is 0 Å². The van der Waals surface area contributed by atoms with Gasteiger partial charge in [-0.05, 0) is 43.0 Å². The molecule has 178 valence electrons. The van der Waals surface area contributed by atoms with Crippen LogP contribution in [0.2, 0.25) is 0 Å². The second kappa shape index (κ2) is 9.59. The second-order valence-electron chi connectivity index (χ2n) is 8.80. The van der Waals surface area contributed by atoms with Gasteiger partial charge in [0.2, 0.25) is 11.7 Å². The van der Waals surface area contributed by atoms with Gasteiger partial charge in [0.25, 0.3) is 5.91 Å². The highest BCUT2D eigenvalue weighted by Crippen LogP contribution is 2.36. The number of aromatic nitrogens is 2. The van der Waals surface area contributed by atoms with Crippen LogP contribution >= 0.6 is 11.3 Å². The first kappa shape index (κ1) is 21.9. The first-order chi connectivity index (χ1) is 17.3. The van der Waals surface area contributed by atoms with E-state index in [1.165, 1.54) is 0 Å². The van der Waals surface area contributed by atoms with E-state index in [1.807, 2.05) is 60.0 Å². The zero-order valence-corrected chi connectivity index (χ0v) is 19.9. The van der Waals surface area contributed by atoms with E-state index in [9.17, 15) is 4.79 Å². The first-order valence-electron chi connectivity index (χ1n) is 11.9. The molecule has 0 unspecified atom stereocenters. The van der Waals surface area contributed by atoms with Crippen LogP contribution in [-0.2, 0) is 4.79 Å². The van der Waals surface area contributed by atoms with E-state index in [1.54, 1.807) is 22.6 Å². The number of rotatable bonds is 6. The van der Waals surface area contributed by atoms with Crippen LogP contribution in [0.4, 0.5) is 0 Å². The molecule has 0 radical (unpaired) electrons. The van der Waals surface area contributed by atoms with Gasteiger partial charge in [0.1, 0.15) is 11.8 Å². The summed E-state index contributed by atoms with van der Waals surface area (Å²) in [6, 6.07) is 17.2. The van der Waals surface area contributed by atoms with Gasteiger partial charge in [-0.25, -0.2) is 5.01 Å². The van der Waals surface area contributed by atoms with Crippen molar-refractivity contribution in [3.63, 3.8) is 0 Å². The molecule has 2 aliphatic rings. The molecular weight excluding hydrogens is 462 g/mol. The van der Waals surface area contributed by atoms with Gasteiger partial charge in [-0.2, -0.15) is 10.1 Å². The number of piperidine rings is 1. The van der Waals surface area contributed by atoms with Crippen molar-refractivity contribution in [2.75, 3.05) is 13.1 Å². The number of likely N-dealkylation sites (tertiary alicyclic amines) is 1. The van der Waals surface area contributed by atoms with Crippen molar-refractivity contribution in [3.05, 3.63) is 82.8 Å². The summed E-state index contributed by atoms with van der Waals surface area (Å²) in [4.78, 5) is 21.5. The van der Waals surface area contributed by atoms with Crippen molar-refractivity contribution < 1.29 is 13.7 Å². The highest BCUT2D eigenvalue weighted by molar-refractivity contribution is 7.12. The number of furan rings is 1. The van der Waals surface area contributed by atoms with Crippen molar-refractivity contribution in [2.45, 2.75) is 37.8 Å². The van der Waals surface area contributed by atoms with E-state index < -0.39 is 0 Å². The molecule has 9 heteroatoms. The minimum atomic E-state index is -0.245. The maximum atomic E-state index is 13.6. The number of benzene rings is 1. The zero-order valence-electron chi connectivity index (χ0n) is 19.1. The second-order valence-corrected chi connectivity index (χ2v) is 9.75. The Balaban J connectivity index is 1.23. The Kier molecular flexibility index (Phi) is 6.01. The number of nitrogens with zero attached hydrogens (tertiary/aromatic N) is 5. The molecule has 0 N–H and O–H groups in total. The number of thiophene rings is 1. The molecule has 1 aromatic carbocycles. The summed E-state index contributed by atoms with van der Waals surface area (Å²) in [6.07, 6.45) is 5.22. The molecule has 3 aromatic heterocycles. The summed E-state index contributed by atoms with van der Waals surface area (Å²) in [5.41, 5.74) is 1.82. The third-order valence-electron chi connectivity index (χ3n) is 6.55. The standard InChI is InChI=1S/C26H25N5O3S/c32-24(31-21(22-11-6-14-33-22)16-19(28-31)23-12-7-15-35-23)17-30-13-5-4-10-20(30)26-27-25(29-34-26)18-8-2-1-3-9-18/h1-3,6-9,11-12,14-15,20-21H,4-5,10,13,16-17H2/t20-,21-/m1/s1. The third-order valence-corrected chi connectivity index (χ3v) is 7.47. The summed E-state index contributed by atoms with van der Waals surface area (Å²) >= 11 is 1.63. The fourth-order valence-corrected chi connectivity index (χ4v) is 5.54. The van der Waals surface area contributed by atoms with Crippen molar-refractivity contribution in [1.82, 2.24) is 20.0 Å². The molecule has 8 nitrogen and oxygen atoms in total. The molecule has 0 spiro atoms. The number of amides is 1. The van der Waals surface area contributed by atoms with Gasteiger partial charge in [-0.3, -0.25) is 9.69 Å². The lowest BCUT2D eigenvalue weighted by Gasteiger charge is -2.33. The molecule has 1 fully saturated rings. The Labute approximate surface area is 206 Å². The smallest absolute Gasteiger partial charge is 0.257 e. The normalized spacial score (nSPS) is 20.8. The minimum absolute atomic E-state index is 0.0624. The number of hydrogen-bond acceptors (Lipinski definition) is 8. The molecule has 0 saturated carbocycles. The Hall–Kier alpha value is -3.56. The summed E-state index contributed by atoms with van der Waals surface area (Å²) in [5.74, 6) is 1.81. The lowest BCUT2D eigenvalue weighted by molar-refractivity contribution is -0.135. The largest absolute Gasteiger partial charge is 0.467 e. The van der Waals surface area contributed by atoms with Gasteiger partial charge < -0.3 is 8.94 Å². The highest BCUT2D eigenvalue weighted by atomic mass is 32.1. The molecule has 5 heterocycles. The van der Waals surface area contributed by atoms with E-state index in [0.717, 1.165) is 47.7 Å². The Morgan fingerprint density at radius 1 is 1.06 bits per heavy atom. The van der Waals surface area contributed by atoms with Crippen LogP contribution in [0.3, 0.4) is 0 Å². The van der Waals surface area contributed by atoms with Crippen molar-refractivity contribution in [2.24, 2.45) is 5.10 Å². The number of hydrazone groups is 1. The quantitative estimate of drug-likeness (QED) is 0.367. The Morgan fingerprint density at radius 3 is 2.77 bits per heavy atom. The number of hydrogen-bond donors (Lipinski definition) is 0. The maximum absolute atomic E-state index is 13.6. The highest BCUT2D eigenvalue weighted by Gasteiger charge is 2.38. The van der Waals surface area contributed by atoms with Gasteiger partial charge in [-0.1, -0.05) is 48.0 Å².